The SMILES string of the molecule is c1ccc2c(c1)C1c3ccccc3C2c2cc3cc4c(cc3cc21)[C@H]1O[C@H]4[C@H]2C3c4ccccc4C(c4ccccc43)[C@H]21. The molecule has 0 spiro atoms. The molecule has 2 heterocycles. The van der Waals surface area contributed by atoms with Crippen molar-refractivity contribution >= 4 is 10.8 Å². The lowest BCUT2D eigenvalue weighted by Gasteiger charge is -2.51. The largest absolute Gasteiger partial charge is 0.365 e. The Morgan fingerprint density at radius 1 is 0.326 bits per heavy atom. The predicted molar refractivity (Wildman–Crippen MR) is 169 cm³/mol. The van der Waals surface area contributed by atoms with Crippen molar-refractivity contribution in [2.75, 3.05) is 0 Å². The smallest absolute Gasteiger partial charge is 0.0878 e. The number of hydrogen-bond acceptors (Lipinski definition) is 1. The third kappa shape index (κ3) is 2.44. The van der Waals surface area contributed by atoms with E-state index in [9.17, 15) is 0 Å². The molecule has 0 unspecified atom stereocenters. The van der Waals surface area contributed by atoms with Gasteiger partial charge in [-0.1, -0.05) is 97.1 Å². The molecule has 0 N–H and O–H groups in total. The monoisotopic (exact) mass is 548 g/mol. The average molecular weight is 549 g/mol. The number of hydrogen-bond donors (Lipinski definition) is 0. The van der Waals surface area contributed by atoms with Gasteiger partial charge in [0, 0.05) is 35.5 Å². The molecule has 0 saturated carbocycles. The van der Waals surface area contributed by atoms with E-state index in [1.54, 1.807) is 0 Å². The maximum atomic E-state index is 7.09. The highest BCUT2D eigenvalue weighted by atomic mass is 16.5. The zero-order valence-corrected chi connectivity index (χ0v) is 23.6. The van der Waals surface area contributed by atoms with E-state index < -0.39 is 0 Å². The second-order valence-corrected chi connectivity index (χ2v) is 13.8. The van der Waals surface area contributed by atoms with Crippen LogP contribution in [0.5, 0.6) is 0 Å². The van der Waals surface area contributed by atoms with Crippen LogP contribution >= 0.6 is 0 Å². The zero-order chi connectivity index (χ0) is 27.6. The van der Waals surface area contributed by atoms with E-state index in [-0.39, 0.29) is 12.2 Å². The molecule has 6 bridgehead atoms. The first-order chi connectivity index (χ1) is 21.3. The lowest BCUT2D eigenvalue weighted by molar-refractivity contribution is 0.0533. The lowest BCUT2D eigenvalue weighted by Crippen LogP contribution is -2.42. The summed E-state index contributed by atoms with van der Waals surface area (Å²) in [5, 5.41) is 2.74. The maximum absolute atomic E-state index is 7.09. The Balaban J connectivity index is 1.06. The summed E-state index contributed by atoms with van der Waals surface area (Å²) in [5.41, 5.74) is 18.0. The molecule has 8 aliphatic rings. The van der Waals surface area contributed by atoms with E-state index in [4.69, 9.17) is 4.74 Å². The third-order valence-corrected chi connectivity index (χ3v) is 12.3. The molecule has 4 atom stereocenters. The molecule has 0 radical (unpaired) electrons. The normalized spacial score (nSPS) is 30.2. The highest BCUT2D eigenvalue weighted by Gasteiger charge is 2.63. The minimum atomic E-state index is 0.164. The summed E-state index contributed by atoms with van der Waals surface area (Å²) < 4.78 is 7.09. The van der Waals surface area contributed by atoms with Crippen LogP contribution < -0.4 is 0 Å². The molecule has 1 nitrogen and oxygen atoms in total. The minimum Gasteiger partial charge on any atom is -0.365 e. The van der Waals surface area contributed by atoms with Gasteiger partial charge in [0.05, 0.1) is 12.2 Å². The molecule has 6 aromatic carbocycles. The van der Waals surface area contributed by atoms with E-state index in [0.29, 0.717) is 35.5 Å². The zero-order valence-electron chi connectivity index (χ0n) is 23.6. The Morgan fingerprint density at radius 3 is 0.977 bits per heavy atom. The van der Waals surface area contributed by atoms with Gasteiger partial charge in [0.25, 0.3) is 0 Å². The van der Waals surface area contributed by atoms with Gasteiger partial charge in [-0.2, -0.15) is 0 Å². The van der Waals surface area contributed by atoms with Gasteiger partial charge in [-0.05, 0) is 102 Å². The topological polar surface area (TPSA) is 9.23 Å². The van der Waals surface area contributed by atoms with Crippen molar-refractivity contribution in [1.29, 1.82) is 0 Å². The Labute approximate surface area is 250 Å². The Hall–Kier alpha value is -4.46. The summed E-state index contributed by atoms with van der Waals surface area (Å²) in [7, 11) is 0. The molecule has 1 heteroatoms. The van der Waals surface area contributed by atoms with Crippen molar-refractivity contribution in [2.24, 2.45) is 11.8 Å². The summed E-state index contributed by atoms with van der Waals surface area (Å²) in [4.78, 5) is 0. The van der Waals surface area contributed by atoms with Crippen LogP contribution in [0.15, 0.2) is 121 Å². The molecule has 202 valence electrons. The molecule has 0 aromatic heterocycles. The van der Waals surface area contributed by atoms with Crippen molar-refractivity contribution in [2.45, 2.75) is 35.9 Å². The van der Waals surface area contributed by atoms with Crippen molar-refractivity contribution in [3.05, 3.63) is 188 Å². The van der Waals surface area contributed by atoms with E-state index >= 15 is 0 Å². The van der Waals surface area contributed by atoms with E-state index in [0.717, 1.165) is 0 Å². The lowest BCUT2D eigenvalue weighted by atomic mass is 9.50. The summed E-state index contributed by atoms with van der Waals surface area (Å²) in [6.07, 6.45) is 0.329. The van der Waals surface area contributed by atoms with Crippen LogP contribution in [0.4, 0.5) is 0 Å². The Bertz CT molecular complexity index is 1990. The number of benzene rings is 6. The van der Waals surface area contributed by atoms with Crippen molar-refractivity contribution in [1.82, 2.24) is 0 Å². The maximum Gasteiger partial charge on any atom is 0.0878 e. The van der Waals surface area contributed by atoms with Crippen LogP contribution in [0.3, 0.4) is 0 Å². The molecule has 2 aliphatic heterocycles. The van der Waals surface area contributed by atoms with Gasteiger partial charge in [0.15, 0.2) is 0 Å². The van der Waals surface area contributed by atoms with Gasteiger partial charge in [0.1, 0.15) is 0 Å². The standard InChI is InChI=1S/C42H28O/c1-2-10-24-23(9-1)35-25-11-3-4-12-26(25)36(24)32-18-22-20-34-33(19-21(22)17-31(32)35)41-39-37-27-13-5-7-15-29(27)38(40(39)42(34)43-41)30-16-8-6-14-28(30)37/h1-20,35-42H/t35?,36?,37?,38?,39-,40+,41-,42-/m1/s1. The van der Waals surface area contributed by atoms with Crippen LogP contribution in [0.2, 0.25) is 0 Å². The third-order valence-electron chi connectivity index (χ3n) is 12.3. The van der Waals surface area contributed by atoms with E-state index in [1.807, 2.05) is 0 Å². The molecule has 14 rings (SSSR count). The summed E-state index contributed by atoms with van der Waals surface area (Å²) in [5.74, 6) is 2.43. The van der Waals surface area contributed by atoms with Crippen LogP contribution in [0.1, 0.15) is 103 Å². The second-order valence-electron chi connectivity index (χ2n) is 13.8. The average Bonchev–Trinajstić information content (AvgIpc) is 3.64. The number of fused-ring (bicyclic) bond motifs is 6. The van der Waals surface area contributed by atoms with Gasteiger partial charge in [-0.15, -0.1) is 0 Å². The fourth-order valence-electron chi connectivity index (χ4n) is 10.9. The first-order valence-corrected chi connectivity index (χ1v) is 16.0. The first-order valence-electron chi connectivity index (χ1n) is 16.0. The molecular weight excluding hydrogens is 520 g/mol. The highest BCUT2D eigenvalue weighted by molar-refractivity contribution is 5.89. The van der Waals surface area contributed by atoms with Gasteiger partial charge in [-0.25, -0.2) is 0 Å². The fraction of sp³-hybridized carbons (Fsp3) is 0.190. The molecular formula is C42H28O. The summed E-state index contributed by atoms with van der Waals surface area (Å²) >= 11 is 0. The number of ether oxygens (including phenoxy) is 1. The molecule has 1 fully saturated rings. The van der Waals surface area contributed by atoms with Gasteiger partial charge in [-0.3, -0.25) is 0 Å². The van der Waals surface area contributed by atoms with Crippen LogP contribution in [-0.4, -0.2) is 0 Å². The predicted octanol–water partition coefficient (Wildman–Crippen LogP) is 9.48. The number of rotatable bonds is 0. The van der Waals surface area contributed by atoms with Crippen molar-refractivity contribution in [3.8, 4) is 0 Å². The molecule has 1 saturated heterocycles. The van der Waals surface area contributed by atoms with Crippen LogP contribution in [0, 0.1) is 11.8 Å². The van der Waals surface area contributed by atoms with Crippen LogP contribution in [-0.2, 0) is 4.74 Å². The van der Waals surface area contributed by atoms with Crippen LogP contribution in [0.25, 0.3) is 10.8 Å². The quantitative estimate of drug-likeness (QED) is 0.183. The molecule has 6 aliphatic carbocycles. The minimum absolute atomic E-state index is 0.164. The van der Waals surface area contributed by atoms with Crippen molar-refractivity contribution in [3.63, 3.8) is 0 Å². The molecule has 6 aromatic rings. The van der Waals surface area contributed by atoms with Gasteiger partial charge < -0.3 is 4.74 Å². The summed E-state index contributed by atoms with van der Waals surface area (Å²) in [6.45, 7) is 0. The summed E-state index contributed by atoms with van der Waals surface area (Å²) in [6, 6.07) is 46.9. The van der Waals surface area contributed by atoms with E-state index in [1.165, 1.54) is 77.5 Å². The Kier molecular flexibility index (Phi) is 3.79. The Morgan fingerprint density at radius 2 is 0.628 bits per heavy atom. The highest BCUT2D eigenvalue weighted by Crippen LogP contribution is 2.72. The molecule has 0 amide bonds. The van der Waals surface area contributed by atoms with Crippen molar-refractivity contribution < 1.29 is 4.74 Å². The van der Waals surface area contributed by atoms with Gasteiger partial charge >= 0.3 is 0 Å². The fourth-order valence-corrected chi connectivity index (χ4v) is 10.9. The second kappa shape index (κ2) is 7.36. The first kappa shape index (κ1) is 22.1. The van der Waals surface area contributed by atoms with E-state index in [2.05, 4.69) is 121 Å². The van der Waals surface area contributed by atoms with Gasteiger partial charge in [0.2, 0.25) is 0 Å². The molecule has 43 heavy (non-hydrogen) atoms.